The van der Waals surface area contributed by atoms with Crippen LogP contribution in [0.25, 0.3) is 0 Å². The number of aliphatic hydroxyl groups excluding tert-OH is 1. The number of benzene rings is 1. The Morgan fingerprint density at radius 3 is 2.43 bits per heavy atom. The molecule has 0 saturated heterocycles. The maximum absolute atomic E-state index is 13.6. The molecule has 0 saturated carbocycles. The molecule has 9 heteroatoms. The Hall–Kier alpha value is -1.22. The summed E-state index contributed by atoms with van der Waals surface area (Å²) < 4.78 is 40.0. The average Bonchev–Trinajstić information content (AvgIpc) is 2.38. The van der Waals surface area contributed by atoms with Crippen LogP contribution in [-0.4, -0.2) is 37.2 Å². The van der Waals surface area contributed by atoms with Gasteiger partial charge in [0.25, 0.3) is 0 Å². The Balaban J connectivity index is 3.29. The van der Waals surface area contributed by atoms with Crippen molar-refractivity contribution in [3.8, 4) is 0 Å². The van der Waals surface area contributed by atoms with Crippen molar-refractivity contribution in [2.24, 2.45) is 5.92 Å². The van der Waals surface area contributed by atoms with E-state index in [2.05, 4.69) is 4.72 Å². The van der Waals surface area contributed by atoms with Gasteiger partial charge in [-0.25, -0.2) is 22.3 Å². The van der Waals surface area contributed by atoms with Crippen molar-refractivity contribution >= 4 is 27.6 Å². The maximum Gasteiger partial charge on any atom is 0.337 e. The smallest absolute Gasteiger partial charge is 0.337 e. The number of carboxylic acid groups (broad SMARTS) is 1. The van der Waals surface area contributed by atoms with Crippen LogP contribution >= 0.6 is 11.6 Å². The lowest BCUT2D eigenvalue weighted by Crippen LogP contribution is -2.41. The third kappa shape index (κ3) is 4.13. The highest BCUT2D eigenvalue weighted by molar-refractivity contribution is 7.89. The first-order valence-corrected chi connectivity index (χ1v) is 7.81. The van der Waals surface area contributed by atoms with Gasteiger partial charge in [-0.2, -0.15) is 0 Å². The van der Waals surface area contributed by atoms with Crippen molar-refractivity contribution in [3.05, 3.63) is 28.5 Å². The third-order valence-corrected chi connectivity index (χ3v) is 4.70. The number of halogens is 2. The lowest BCUT2D eigenvalue weighted by Gasteiger charge is -2.20. The number of sulfonamides is 1. The normalized spacial score (nSPS) is 13.4. The van der Waals surface area contributed by atoms with Crippen molar-refractivity contribution < 1.29 is 27.8 Å². The number of aliphatic hydroxyl groups is 1. The minimum absolute atomic E-state index is 0.208. The summed E-state index contributed by atoms with van der Waals surface area (Å²) in [7, 11) is -4.18. The monoisotopic (exact) mass is 339 g/mol. The molecule has 21 heavy (non-hydrogen) atoms. The Kier molecular flexibility index (Phi) is 5.68. The molecule has 1 rings (SSSR count). The van der Waals surface area contributed by atoms with Crippen LogP contribution in [0.4, 0.5) is 4.39 Å². The molecule has 1 aromatic carbocycles. The molecule has 1 atom stereocenters. The van der Waals surface area contributed by atoms with E-state index in [-0.39, 0.29) is 5.92 Å². The average molecular weight is 340 g/mol. The first-order valence-electron chi connectivity index (χ1n) is 5.95. The van der Waals surface area contributed by atoms with E-state index in [1.54, 1.807) is 13.8 Å². The fourth-order valence-corrected chi connectivity index (χ4v) is 3.13. The zero-order chi connectivity index (χ0) is 16.4. The fraction of sp³-hybridized carbons (Fsp3) is 0.417. The molecule has 0 amide bonds. The summed E-state index contributed by atoms with van der Waals surface area (Å²) in [6, 6.07) is 0.624. The molecule has 0 aliphatic carbocycles. The van der Waals surface area contributed by atoms with Gasteiger partial charge in [-0.05, 0) is 18.1 Å². The summed E-state index contributed by atoms with van der Waals surface area (Å²) in [5.41, 5.74) is -0.651. The number of hydrogen-bond donors (Lipinski definition) is 3. The van der Waals surface area contributed by atoms with E-state index in [4.69, 9.17) is 21.8 Å². The van der Waals surface area contributed by atoms with Gasteiger partial charge in [0.05, 0.1) is 22.1 Å². The Morgan fingerprint density at radius 1 is 1.43 bits per heavy atom. The summed E-state index contributed by atoms with van der Waals surface area (Å²) in [5.74, 6) is -2.90. The second-order valence-corrected chi connectivity index (χ2v) is 6.82. The minimum atomic E-state index is -4.18. The minimum Gasteiger partial charge on any atom is -0.478 e. The second kappa shape index (κ2) is 6.69. The van der Waals surface area contributed by atoms with Gasteiger partial charge < -0.3 is 10.2 Å². The van der Waals surface area contributed by atoms with Crippen molar-refractivity contribution in [1.29, 1.82) is 0 Å². The van der Waals surface area contributed by atoms with Gasteiger partial charge in [0.15, 0.2) is 0 Å². The second-order valence-electron chi connectivity index (χ2n) is 4.73. The molecule has 0 radical (unpaired) electrons. The predicted molar refractivity (Wildman–Crippen MR) is 74.4 cm³/mol. The van der Waals surface area contributed by atoms with Gasteiger partial charge in [0, 0.05) is 6.04 Å². The topological polar surface area (TPSA) is 104 Å². The number of carbonyl (C=O) groups is 1. The molecule has 6 nitrogen and oxygen atoms in total. The predicted octanol–water partition coefficient (Wildman–Crippen LogP) is 1.47. The largest absolute Gasteiger partial charge is 0.478 e. The Bertz CT molecular complexity index is 647. The summed E-state index contributed by atoms with van der Waals surface area (Å²) in [5, 5.41) is 17.4. The van der Waals surface area contributed by atoms with Crippen LogP contribution in [0.3, 0.4) is 0 Å². The zero-order valence-corrected chi connectivity index (χ0v) is 12.9. The quantitative estimate of drug-likeness (QED) is 0.728. The maximum atomic E-state index is 13.6. The molecule has 0 heterocycles. The molecular formula is C12H15ClFNO5S. The van der Waals surface area contributed by atoms with Crippen molar-refractivity contribution in [3.63, 3.8) is 0 Å². The molecule has 0 aromatic heterocycles. The van der Waals surface area contributed by atoms with E-state index in [1.807, 2.05) is 0 Å². The van der Waals surface area contributed by atoms with E-state index in [0.29, 0.717) is 6.07 Å². The number of aromatic carboxylic acids is 1. The van der Waals surface area contributed by atoms with Crippen LogP contribution in [0.2, 0.25) is 5.02 Å². The molecule has 0 aliphatic heterocycles. The lowest BCUT2D eigenvalue weighted by atomic mass is 10.1. The zero-order valence-electron chi connectivity index (χ0n) is 11.3. The SMILES string of the molecule is CC(C)C(CO)NS(=O)(=O)c1cc(F)c(Cl)c(C(=O)O)c1. The molecule has 3 N–H and O–H groups in total. The lowest BCUT2D eigenvalue weighted by molar-refractivity contribution is 0.0696. The van der Waals surface area contributed by atoms with E-state index >= 15 is 0 Å². The standard InChI is InChI=1S/C12H15ClFNO5S/c1-6(2)10(5-16)15-21(19,20)7-3-8(12(17)18)11(13)9(14)4-7/h3-4,6,10,15-16H,5H2,1-2H3,(H,17,18). The summed E-state index contributed by atoms with van der Waals surface area (Å²) in [6.07, 6.45) is 0. The molecule has 0 fully saturated rings. The van der Waals surface area contributed by atoms with Crippen LogP contribution in [0.5, 0.6) is 0 Å². The first-order chi connectivity index (χ1) is 9.60. The highest BCUT2D eigenvalue weighted by Crippen LogP contribution is 2.24. The van der Waals surface area contributed by atoms with Crippen molar-refractivity contribution in [1.82, 2.24) is 4.72 Å². The molecule has 0 aliphatic rings. The molecular weight excluding hydrogens is 325 g/mol. The number of carboxylic acids is 1. The highest BCUT2D eigenvalue weighted by atomic mass is 35.5. The van der Waals surface area contributed by atoms with E-state index in [0.717, 1.165) is 6.07 Å². The van der Waals surface area contributed by atoms with Crippen molar-refractivity contribution in [2.75, 3.05) is 6.61 Å². The molecule has 1 unspecified atom stereocenters. The van der Waals surface area contributed by atoms with Gasteiger partial charge >= 0.3 is 5.97 Å². The first kappa shape index (κ1) is 17.8. The van der Waals surface area contributed by atoms with E-state index in [9.17, 15) is 17.6 Å². The van der Waals surface area contributed by atoms with Crippen molar-refractivity contribution in [2.45, 2.75) is 24.8 Å². The molecule has 0 bridgehead atoms. The van der Waals surface area contributed by atoms with Crippen LogP contribution in [0.15, 0.2) is 17.0 Å². The molecule has 0 spiro atoms. The molecule has 1 aromatic rings. The van der Waals surface area contributed by atoms with Crippen LogP contribution in [-0.2, 0) is 10.0 Å². The number of hydrogen-bond acceptors (Lipinski definition) is 4. The molecule has 118 valence electrons. The van der Waals surface area contributed by atoms with E-state index < -0.39 is 49.9 Å². The van der Waals surface area contributed by atoms with Crippen LogP contribution in [0, 0.1) is 11.7 Å². The Labute approximate surface area is 126 Å². The number of nitrogens with one attached hydrogen (secondary N) is 1. The third-order valence-electron chi connectivity index (χ3n) is 2.85. The summed E-state index contributed by atoms with van der Waals surface area (Å²) >= 11 is 5.48. The van der Waals surface area contributed by atoms with Gasteiger partial charge in [-0.1, -0.05) is 25.4 Å². The van der Waals surface area contributed by atoms with Crippen LogP contribution in [0.1, 0.15) is 24.2 Å². The van der Waals surface area contributed by atoms with Gasteiger partial charge in [-0.15, -0.1) is 0 Å². The van der Waals surface area contributed by atoms with E-state index in [1.165, 1.54) is 0 Å². The highest BCUT2D eigenvalue weighted by Gasteiger charge is 2.25. The van der Waals surface area contributed by atoms with Crippen LogP contribution < -0.4 is 4.72 Å². The summed E-state index contributed by atoms with van der Waals surface area (Å²) in [4.78, 5) is 10.4. The fourth-order valence-electron chi connectivity index (χ4n) is 1.53. The van der Waals surface area contributed by atoms with Gasteiger partial charge in [0.2, 0.25) is 10.0 Å². The van der Waals surface area contributed by atoms with Gasteiger partial charge in [0.1, 0.15) is 5.82 Å². The van der Waals surface area contributed by atoms with Gasteiger partial charge in [-0.3, -0.25) is 0 Å². The Morgan fingerprint density at radius 2 is 2.00 bits per heavy atom. The number of rotatable bonds is 6. The summed E-state index contributed by atoms with van der Waals surface area (Å²) in [6.45, 7) is 2.93.